The number of thiophene rings is 1. The van der Waals surface area contributed by atoms with Crippen molar-refractivity contribution >= 4 is 28.8 Å². The van der Waals surface area contributed by atoms with E-state index in [1.54, 1.807) is 11.3 Å². The summed E-state index contributed by atoms with van der Waals surface area (Å²) in [5.41, 5.74) is 1.11. The molecule has 1 amide bonds. The summed E-state index contributed by atoms with van der Waals surface area (Å²) in [5, 5.41) is 8.93. The van der Waals surface area contributed by atoms with Crippen LogP contribution in [0.1, 0.15) is 36.4 Å². The second kappa shape index (κ2) is 7.59. The highest BCUT2D eigenvalue weighted by Crippen LogP contribution is 2.18. The molecule has 112 valence electrons. The van der Waals surface area contributed by atoms with Crippen LogP contribution in [0.4, 0.5) is 0 Å². The fourth-order valence-electron chi connectivity index (χ4n) is 2.02. The number of rotatable bonds is 6. The number of carbonyl (C=O) groups is 1. The molecule has 0 spiro atoms. The first-order valence-electron chi connectivity index (χ1n) is 6.88. The minimum Gasteiger partial charge on any atom is -0.348 e. The van der Waals surface area contributed by atoms with Crippen molar-refractivity contribution in [1.82, 2.24) is 10.6 Å². The molecule has 2 aromatic rings. The standard InChI is InChI=1S/C16H19ClN2OS/c1-11(13-5-7-14(17)8-6-13)18-10-16(20)19-12(2)15-4-3-9-21-15/h3-9,11-12,18H,10H2,1-2H3,(H,19,20)/t11-,12+/m1/s1. The molecule has 0 bridgehead atoms. The summed E-state index contributed by atoms with van der Waals surface area (Å²) in [5.74, 6) is -0.00304. The maximum Gasteiger partial charge on any atom is 0.234 e. The van der Waals surface area contributed by atoms with Gasteiger partial charge in [0, 0.05) is 15.9 Å². The summed E-state index contributed by atoms with van der Waals surface area (Å²) in [6.45, 7) is 4.31. The molecular weight excluding hydrogens is 304 g/mol. The Balaban J connectivity index is 1.79. The molecule has 21 heavy (non-hydrogen) atoms. The molecule has 0 saturated carbocycles. The Morgan fingerprint density at radius 1 is 1.19 bits per heavy atom. The summed E-state index contributed by atoms with van der Waals surface area (Å²) < 4.78 is 0. The van der Waals surface area contributed by atoms with Crippen LogP contribution in [0, 0.1) is 0 Å². The van der Waals surface area contributed by atoms with Crippen LogP contribution in [0.2, 0.25) is 5.02 Å². The van der Waals surface area contributed by atoms with Gasteiger partial charge < -0.3 is 10.6 Å². The van der Waals surface area contributed by atoms with Gasteiger partial charge in [-0.2, -0.15) is 0 Å². The van der Waals surface area contributed by atoms with Crippen LogP contribution in [0.25, 0.3) is 0 Å². The molecule has 0 saturated heterocycles. The number of carbonyl (C=O) groups excluding carboxylic acids is 1. The topological polar surface area (TPSA) is 41.1 Å². The first kappa shape index (κ1) is 16.0. The Labute approximate surface area is 134 Å². The van der Waals surface area contributed by atoms with E-state index < -0.39 is 0 Å². The number of hydrogen-bond donors (Lipinski definition) is 2. The zero-order valence-corrected chi connectivity index (χ0v) is 13.7. The van der Waals surface area contributed by atoms with E-state index in [-0.39, 0.29) is 18.0 Å². The van der Waals surface area contributed by atoms with E-state index in [1.165, 1.54) is 0 Å². The Bertz CT molecular complexity index is 568. The predicted molar refractivity (Wildman–Crippen MR) is 88.7 cm³/mol. The van der Waals surface area contributed by atoms with E-state index in [2.05, 4.69) is 10.6 Å². The molecule has 2 N–H and O–H groups in total. The molecule has 2 atom stereocenters. The molecule has 0 aliphatic rings. The van der Waals surface area contributed by atoms with Crippen molar-refractivity contribution in [2.45, 2.75) is 25.9 Å². The summed E-state index contributed by atoms with van der Waals surface area (Å²) in [7, 11) is 0. The van der Waals surface area contributed by atoms with Gasteiger partial charge in [-0.25, -0.2) is 0 Å². The third-order valence-corrected chi connectivity index (χ3v) is 4.59. The molecule has 3 nitrogen and oxygen atoms in total. The SMILES string of the molecule is C[C@H](NC(=O)CN[C@H](C)c1ccc(Cl)cc1)c1cccs1. The minimum atomic E-state index is -0.00304. The fraction of sp³-hybridized carbons (Fsp3) is 0.312. The van der Waals surface area contributed by atoms with Crippen molar-refractivity contribution in [3.63, 3.8) is 0 Å². The first-order valence-corrected chi connectivity index (χ1v) is 8.13. The molecule has 2 rings (SSSR count). The van der Waals surface area contributed by atoms with Gasteiger partial charge in [0.05, 0.1) is 12.6 Å². The van der Waals surface area contributed by atoms with E-state index in [1.807, 2.05) is 55.6 Å². The summed E-state index contributed by atoms with van der Waals surface area (Å²) >= 11 is 7.51. The fourth-order valence-corrected chi connectivity index (χ4v) is 2.88. The quantitative estimate of drug-likeness (QED) is 0.846. The molecule has 0 aliphatic carbocycles. The summed E-state index contributed by atoms with van der Waals surface area (Å²) in [6.07, 6.45) is 0. The normalized spacial score (nSPS) is 13.7. The number of halogens is 1. The first-order chi connectivity index (χ1) is 10.1. The van der Waals surface area contributed by atoms with Crippen molar-refractivity contribution in [3.8, 4) is 0 Å². The van der Waals surface area contributed by atoms with Gasteiger partial charge in [0.25, 0.3) is 0 Å². The Morgan fingerprint density at radius 2 is 1.90 bits per heavy atom. The summed E-state index contributed by atoms with van der Waals surface area (Å²) in [4.78, 5) is 13.1. The van der Waals surface area contributed by atoms with Gasteiger partial charge in [0.15, 0.2) is 0 Å². The van der Waals surface area contributed by atoms with Gasteiger partial charge >= 0.3 is 0 Å². The smallest absolute Gasteiger partial charge is 0.234 e. The molecule has 0 aliphatic heterocycles. The van der Waals surface area contributed by atoms with E-state index in [0.29, 0.717) is 11.6 Å². The Kier molecular flexibility index (Phi) is 5.79. The van der Waals surface area contributed by atoms with Crippen molar-refractivity contribution in [1.29, 1.82) is 0 Å². The largest absolute Gasteiger partial charge is 0.348 e. The highest BCUT2D eigenvalue weighted by Gasteiger charge is 2.11. The summed E-state index contributed by atoms with van der Waals surface area (Å²) in [6, 6.07) is 11.8. The van der Waals surface area contributed by atoms with E-state index >= 15 is 0 Å². The lowest BCUT2D eigenvalue weighted by Crippen LogP contribution is -2.36. The van der Waals surface area contributed by atoms with E-state index in [0.717, 1.165) is 10.4 Å². The average molecular weight is 323 g/mol. The highest BCUT2D eigenvalue weighted by molar-refractivity contribution is 7.10. The van der Waals surface area contributed by atoms with Crippen LogP contribution in [0.3, 0.4) is 0 Å². The highest BCUT2D eigenvalue weighted by atomic mass is 35.5. The van der Waals surface area contributed by atoms with Crippen molar-refractivity contribution in [3.05, 3.63) is 57.2 Å². The maximum absolute atomic E-state index is 11.9. The van der Waals surface area contributed by atoms with E-state index in [4.69, 9.17) is 11.6 Å². The van der Waals surface area contributed by atoms with Gasteiger partial charge in [-0.05, 0) is 43.0 Å². The average Bonchev–Trinajstić information content (AvgIpc) is 3.00. The van der Waals surface area contributed by atoms with Crippen LogP contribution in [-0.2, 0) is 4.79 Å². The predicted octanol–water partition coefficient (Wildman–Crippen LogP) is 3.93. The molecule has 1 aromatic carbocycles. The van der Waals surface area contributed by atoms with Gasteiger partial charge in [-0.3, -0.25) is 4.79 Å². The molecular formula is C16H19ClN2OS. The van der Waals surface area contributed by atoms with Gasteiger partial charge in [0.2, 0.25) is 5.91 Å². The second-order valence-corrected chi connectivity index (χ2v) is 6.37. The number of amides is 1. The van der Waals surface area contributed by atoms with Crippen LogP contribution in [0.5, 0.6) is 0 Å². The van der Waals surface area contributed by atoms with Crippen LogP contribution >= 0.6 is 22.9 Å². The lowest BCUT2D eigenvalue weighted by molar-refractivity contribution is -0.121. The van der Waals surface area contributed by atoms with Crippen molar-refractivity contribution in [2.75, 3.05) is 6.54 Å². The molecule has 1 heterocycles. The minimum absolute atomic E-state index is 0.00304. The zero-order valence-electron chi connectivity index (χ0n) is 12.1. The Morgan fingerprint density at radius 3 is 2.52 bits per heavy atom. The molecule has 0 unspecified atom stereocenters. The van der Waals surface area contributed by atoms with Crippen LogP contribution in [-0.4, -0.2) is 12.5 Å². The number of nitrogens with one attached hydrogen (secondary N) is 2. The Hall–Kier alpha value is -1.36. The van der Waals surface area contributed by atoms with Crippen LogP contribution < -0.4 is 10.6 Å². The third kappa shape index (κ3) is 4.84. The third-order valence-electron chi connectivity index (χ3n) is 3.29. The monoisotopic (exact) mass is 322 g/mol. The van der Waals surface area contributed by atoms with Crippen molar-refractivity contribution in [2.24, 2.45) is 0 Å². The number of hydrogen-bond acceptors (Lipinski definition) is 3. The van der Waals surface area contributed by atoms with Crippen molar-refractivity contribution < 1.29 is 4.79 Å². The second-order valence-electron chi connectivity index (χ2n) is 4.96. The molecule has 0 radical (unpaired) electrons. The lowest BCUT2D eigenvalue weighted by Gasteiger charge is -2.16. The van der Waals surface area contributed by atoms with Gasteiger partial charge in [-0.1, -0.05) is 29.8 Å². The number of benzene rings is 1. The molecule has 1 aromatic heterocycles. The maximum atomic E-state index is 11.9. The van der Waals surface area contributed by atoms with Gasteiger partial charge in [0.1, 0.15) is 0 Å². The van der Waals surface area contributed by atoms with Gasteiger partial charge in [-0.15, -0.1) is 11.3 Å². The zero-order chi connectivity index (χ0) is 15.2. The molecule has 5 heteroatoms. The molecule has 0 fully saturated rings. The lowest BCUT2D eigenvalue weighted by atomic mass is 10.1. The van der Waals surface area contributed by atoms with Crippen LogP contribution in [0.15, 0.2) is 41.8 Å². The van der Waals surface area contributed by atoms with E-state index in [9.17, 15) is 4.79 Å².